The van der Waals surface area contributed by atoms with Crippen LogP contribution in [0.3, 0.4) is 0 Å². The normalized spacial score (nSPS) is 30.5. The molecule has 0 bridgehead atoms. The smallest absolute Gasteiger partial charge is 0.143 e. The van der Waals surface area contributed by atoms with Gasteiger partial charge in [0.2, 0.25) is 0 Å². The minimum absolute atomic E-state index is 0.222. The minimum Gasteiger partial charge on any atom is -0.497 e. The molecule has 0 amide bonds. The quantitative estimate of drug-likeness (QED) is 0.688. The maximum atomic E-state index is 14.2. The van der Waals surface area contributed by atoms with E-state index in [0.29, 0.717) is 0 Å². The summed E-state index contributed by atoms with van der Waals surface area (Å²) in [5.41, 5.74) is 14.7. The lowest BCUT2D eigenvalue weighted by molar-refractivity contribution is -0.134. The Kier molecular flexibility index (Phi) is 6.59. The zero-order chi connectivity index (χ0) is 22.8. The lowest BCUT2D eigenvalue weighted by atomic mass is 9.60. The van der Waals surface area contributed by atoms with E-state index in [-0.39, 0.29) is 17.6 Å². The molecule has 4 unspecified atom stereocenters. The number of carbonyl (C=O) groups is 1. The Morgan fingerprint density at radius 2 is 1.22 bits per heavy atom. The Hall–Kier alpha value is -2.37. The number of rotatable bonds is 6. The fourth-order valence-corrected chi connectivity index (χ4v) is 5.95. The number of carbonyl (C=O) groups excluding carboxylic acids is 1. The summed E-state index contributed by atoms with van der Waals surface area (Å²) in [6.45, 7) is 0. The molecule has 2 aromatic rings. The number of ketones is 1. The van der Waals surface area contributed by atoms with Crippen LogP contribution in [-0.2, 0) is 15.9 Å². The number of nitrogens with two attached hydrogens (primary N) is 2. The first kappa shape index (κ1) is 22.8. The predicted octanol–water partition coefficient (Wildman–Crippen LogP) is 4.66. The van der Waals surface area contributed by atoms with Crippen molar-refractivity contribution in [3.05, 3.63) is 59.7 Å². The molecule has 2 aliphatic rings. The van der Waals surface area contributed by atoms with Crippen LogP contribution in [0.15, 0.2) is 48.5 Å². The maximum absolute atomic E-state index is 14.2. The molecular weight excluding hydrogens is 400 g/mol. The number of benzene rings is 2. The molecule has 2 fully saturated rings. The molecule has 4 rings (SSSR count). The average Bonchev–Trinajstić information content (AvgIpc) is 2.84. The fourth-order valence-electron chi connectivity index (χ4n) is 5.95. The Morgan fingerprint density at radius 3 is 1.62 bits per heavy atom. The van der Waals surface area contributed by atoms with Crippen molar-refractivity contribution in [3.63, 3.8) is 0 Å². The molecular formula is C27H36N2O3. The van der Waals surface area contributed by atoms with Crippen LogP contribution in [0.25, 0.3) is 0 Å². The van der Waals surface area contributed by atoms with Crippen LogP contribution in [0.5, 0.6) is 11.5 Å². The molecule has 5 heteroatoms. The summed E-state index contributed by atoms with van der Waals surface area (Å²) in [7, 11) is 3.31. The molecule has 0 aromatic heterocycles. The van der Waals surface area contributed by atoms with E-state index in [1.165, 1.54) is 0 Å². The van der Waals surface area contributed by atoms with Gasteiger partial charge in [-0.25, -0.2) is 0 Å². The van der Waals surface area contributed by atoms with E-state index >= 15 is 0 Å². The molecule has 172 valence electrons. The molecule has 4 atom stereocenters. The first-order valence-corrected chi connectivity index (χ1v) is 11.8. The zero-order valence-electron chi connectivity index (χ0n) is 19.3. The molecule has 2 aliphatic carbocycles. The topological polar surface area (TPSA) is 87.6 Å². The Balaban J connectivity index is 1.71. The van der Waals surface area contributed by atoms with E-state index in [2.05, 4.69) is 0 Å². The van der Waals surface area contributed by atoms with Crippen LogP contribution in [0.2, 0.25) is 0 Å². The molecule has 2 aromatic carbocycles. The highest BCUT2D eigenvalue weighted by atomic mass is 16.5. The number of ether oxygens (including phenoxy) is 2. The Morgan fingerprint density at radius 1 is 0.781 bits per heavy atom. The van der Waals surface area contributed by atoms with Gasteiger partial charge in [-0.2, -0.15) is 0 Å². The summed E-state index contributed by atoms with van der Waals surface area (Å²) in [6.07, 6.45) is 7.26. The molecule has 5 nitrogen and oxygen atoms in total. The summed E-state index contributed by atoms with van der Waals surface area (Å²) in [5.74, 6) is 1.26. The van der Waals surface area contributed by atoms with Crippen molar-refractivity contribution in [2.45, 2.75) is 62.4 Å². The molecule has 4 N–H and O–H groups in total. The summed E-state index contributed by atoms with van der Waals surface area (Å²) in [5, 5.41) is 0. The molecule has 0 spiro atoms. The highest BCUT2D eigenvalue weighted by molar-refractivity contribution is 5.87. The van der Waals surface area contributed by atoms with Crippen LogP contribution >= 0.6 is 0 Å². The molecule has 0 aliphatic heterocycles. The molecule has 32 heavy (non-hydrogen) atoms. The molecule has 0 heterocycles. The maximum Gasteiger partial charge on any atom is 0.143 e. The highest BCUT2D eigenvalue weighted by Gasteiger charge is 2.50. The Bertz CT molecular complexity index is 886. The van der Waals surface area contributed by atoms with Gasteiger partial charge >= 0.3 is 0 Å². The SMILES string of the molecule is COc1cccc(C2(N)CCCCC2C(=O)C2CCCCC2(N)c2cccc(OC)c2)c1. The van der Waals surface area contributed by atoms with E-state index in [4.69, 9.17) is 20.9 Å². The van der Waals surface area contributed by atoms with Crippen molar-refractivity contribution in [1.29, 1.82) is 0 Å². The average molecular weight is 437 g/mol. The second-order valence-electron chi connectivity index (χ2n) is 9.54. The first-order valence-electron chi connectivity index (χ1n) is 11.8. The largest absolute Gasteiger partial charge is 0.497 e. The first-order chi connectivity index (χ1) is 15.4. The highest BCUT2D eigenvalue weighted by Crippen LogP contribution is 2.47. The van der Waals surface area contributed by atoms with Crippen molar-refractivity contribution in [2.24, 2.45) is 23.3 Å². The number of methoxy groups -OCH3 is 2. The summed E-state index contributed by atoms with van der Waals surface area (Å²) >= 11 is 0. The van der Waals surface area contributed by atoms with Crippen molar-refractivity contribution in [3.8, 4) is 11.5 Å². The zero-order valence-corrected chi connectivity index (χ0v) is 19.3. The predicted molar refractivity (Wildman–Crippen MR) is 127 cm³/mol. The van der Waals surface area contributed by atoms with Gasteiger partial charge in [0.1, 0.15) is 17.3 Å². The Labute approximate surface area is 191 Å². The van der Waals surface area contributed by atoms with E-state index in [1.807, 2.05) is 48.5 Å². The standard InChI is InChI=1S/C27H36N2O3/c1-31-21-11-7-9-19(17-21)26(28)15-5-3-13-23(26)25(30)24-14-4-6-16-27(24,29)20-10-8-12-22(18-20)32-2/h7-12,17-18,23-24H,3-6,13-16,28-29H2,1-2H3. The third-order valence-corrected chi connectivity index (χ3v) is 7.81. The van der Waals surface area contributed by atoms with Gasteiger partial charge in [0.05, 0.1) is 25.3 Å². The van der Waals surface area contributed by atoms with Crippen molar-refractivity contribution >= 4 is 5.78 Å². The summed E-state index contributed by atoms with van der Waals surface area (Å²) in [6, 6.07) is 15.8. The monoisotopic (exact) mass is 436 g/mol. The van der Waals surface area contributed by atoms with Crippen LogP contribution in [0.4, 0.5) is 0 Å². The van der Waals surface area contributed by atoms with Crippen molar-refractivity contribution < 1.29 is 14.3 Å². The van der Waals surface area contributed by atoms with Crippen LogP contribution in [0.1, 0.15) is 62.5 Å². The van der Waals surface area contributed by atoms with Gasteiger partial charge in [-0.05, 0) is 61.1 Å². The van der Waals surface area contributed by atoms with Crippen LogP contribution < -0.4 is 20.9 Å². The van der Waals surface area contributed by atoms with Gasteiger partial charge in [-0.15, -0.1) is 0 Å². The summed E-state index contributed by atoms with van der Waals surface area (Å²) < 4.78 is 10.9. The lowest BCUT2D eigenvalue weighted by Crippen LogP contribution is -2.56. The van der Waals surface area contributed by atoms with Crippen molar-refractivity contribution in [1.82, 2.24) is 0 Å². The van der Waals surface area contributed by atoms with Gasteiger partial charge in [0.25, 0.3) is 0 Å². The van der Waals surface area contributed by atoms with Gasteiger partial charge in [-0.3, -0.25) is 4.79 Å². The molecule has 0 radical (unpaired) electrons. The van der Waals surface area contributed by atoms with Crippen molar-refractivity contribution in [2.75, 3.05) is 14.2 Å². The van der Waals surface area contributed by atoms with E-state index < -0.39 is 11.1 Å². The minimum atomic E-state index is -0.698. The second kappa shape index (κ2) is 9.24. The van der Waals surface area contributed by atoms with Crippen LogP contribution in [-0.4, -0.2) is 20.0 Å². The third kappa shape index (κ3) is 4.04. The molecule has 2 saturated carbocycles. The third-order valence-electron chi connectivity index (χ3n) is 7.81. The van der Waals surface area contributed by atoms with E-state index in [1.54, 1.807) is 14.2 Å². The number of hydrogen-bond acceptors (Lipinski definition) is 5. The second-order valence-corrected chi connectivity index (χ2v) is 9.54. The van der Waals surface area contributed by atoms with Gasteiger partial charge in [0.15, 0.2) is 0 Å². The number of hydrogen-bond donors (Lipinski definition) is 2. The van der Waals surface area contributed by atoms with Gasteiger partial charge in [-0.1, -0.05) is 49.9 Å². The van der Waals surface area contributed by atoms with Crippen LogP contribution in [0, 0.1) is 11.8 Å². The van der Waals surface area contributed by atoms with E-state index in [0.717, 1.165) is 74.0 Å². The number of Topliss-reactive ketones (excluding diaryl/α,β-unsaturated/α-hetero) is 1. The van der Waals surface area contributed by atoms with Gasteiger partial charge < -0.3 is 20.9 Å². The van der Waals surface area contributed by atoms with Gasteiger partial charge in [0, 0.05) is 11.8 Å². The summed E-state index contributed by atoms with van der Waals surface area (Å²) in [4.78, 5) is 14.2. The lowest BCUT2D eigenvalue weighted by Gasteiger charge is -2.47. The molecule has 0 saturated heterocycles. The van der Waals surface area contributed by atoms with E-state index in [9.17, 15) is 4.79 Å². The fraction of sp³-hybridized carbons (Fsp3) is 0.519.